The maximum absolute atomic E-state index is 12.8. The molecule has 0 saturated heterocycles. The minimum absolute atomic E-state index is 0.295. The maximum Gasteiger partial charge on any atom is 0.416 e. The zero-order chi connectivity index (χ0) is 15.3. The number of rotatable bonds is 6. The number of nitrogens with two attached hydrogens (primary N) is 1. The largest absolute Gasteiger partial charge is 0.416 e. The summed E-state index contributed by atoms with van der Waals surface area (Å²) in [5.74, 6) is 5.97. The zero-order valence-corrected chi connectivity index (χ0v) is 13.2. The second-order valence-electron chi connectivity index (χ2n) is 4.87. The smallest absolute Gasteiger partial charge is 0.271 e. The van der Waals surface area contributed by atoms with Crippen LogP contribution in [0.4, 0.5) is 13.2 Å². The van der Waals surface area contributed by atoms with Gasteiger partial charge in [-0.1, -0.05) is 42.6 Å². The van der Waals surface area contributed by atoms with Crippen LogP contribution in [0.25, 0.3) is 0 Å². The molecule has 0 saturated carbocycles. The van der Waals surface area contributed by atoms with Gasteiger partial charge in [0.05, 0.1) is 5.56 Å². The number of hydrogen-bond donors (Lipinski definition) is 2. The molecule has 20 heavy (non-hydrogen) atoms. The number of hydrogen-bond acceptors (Lipinski definition) is 2. The highest BCUT2D eigenvalue weighted by Gasteiger charge is 2.31. The van der Waals surface area contributed by atoms with Crippen molar-refractivity contribution in [2.45, 2.75) is 45.3 Å². The summed E-state index contributed by atoms with van der Waals surface area (Å²) in [5, 5.41) is 0. The molecule has 0 spiro atoms. The summed E-state index contributed by atoms with van der Waals surface area (Å²) >= 11 is 3.31. The van der Waals surface area contributed by atoms with Crippen molar-refractivity contribution in [1.29, 1.82) is 0 Å². The van der Waals surface area contributed by atoms with Gasteiger partial charge >= 0.3 is 6.18 Å². The standard InChI is InChI=1S/C14H20BrF3N2/c1-3-9(4-2)7-13(20-19)11-8-10(14(16,17)18)5-6-12(11)15/h5-6,8-9,13,20H,3-4,7,19H2,1-2H3. The normalized spacial score (nSPS) is 13.8. The van der Waals surface area contributed by atoms with E-state index in [9.17, 15) is 13.2 Å². The number of halogens is 4. The molecule has 0 heterocycles. The van der Waals surface area contributed by atoms with Gasteiger partial charge in [-0.2, -0.15) is 13.2 Å². The lowest BCUT2D eigenvalue weighted by molar-refractivity contribution is -0.137. The van der Waals surface area contributed by atoms with Crippen LogP contribution in [-0.4, -0.2) is 0 Å². The molecule has 0 aliphatic rings. The van der Waals surface area contributed by atoms with Gasteiger partial charge in [0.25, 0.3) is 0 Å². The fraction of sp³-hybridized carbons (Fsp3) is 0.571. The summed E-state index contributed by atoms with van der Waals surface area (Å²) in [4.78, 5) is 0. The average Bonchev–Trinajstić information content (AvgIpc) is 2.40. The van der Waals surface area contributed by atoms with E-state index in [4.69, 9.17) is 5.84 Å². The first-order chi connectivity index (χ1) is 9.33. The zero-order valence-electron chi connectivity index (χ0n) is 11.6. The van der Waals surface area contributed by atoms with Crippen LogP contribution in [0.2, 0.25) is 0 Å². The predicted molar refractivity (Wildman–Crippen MR) is 77.9 cm³/mol. The van der Waals surface area contributed by atoms with Gasteiger partial charge < -0.3 is 0 Å². The minimum atomic E-state index is -4.34. The van der Waals surface area contributed by atoms with Gasteiger partial charge in [-0.05, 0) is 36.1 Å². The fourth-order valence-electron chi connectivity index (χ4n) is 2.23. The van der Waals surface area contributed by atoms with Gasteiger partial charge in [0.15, 0.2) is 0 Å². The SMILES string of the molecule is CCC(CC)CC(NN)c1cc(C(F)(F)F)ccc1Br. The van der Waals surface area contributed by atoms with Crippen LogP contribution in [-0.2, 0) is 6.18 Å². The van der Waals surface area contributed by atoms with Gasteiger partial charge in [0.1, 0.15) is 0 Å². The summed E-state index contributed by atoms with van der Waals surface area (Å²) in [5.41, 5.74) is 2.54. The number of nitrogens with one attached hydrogen (secondary N) is 1. The molecule has 1 aromatic rings. The van der Waals surface area contributed by atoms with Crippen molar-refractivity contribution in [3.8, 4) is 0 Å². The predicted octanol–water partition coefficient (Wildman–Crippen LogP) is 4.80. The molecule has 114 valence electrons. The molecular weight excluding hydrogens is 333 g/mol. The second kappa shape index (κ2) is 7.43. The van der Waals surface area contributed by atoms with Gasteiger partial charge in [-0.15, -0.1) is 0 Å². The minimum Gasteiger partial charge on any atom is -0.271 e. The molecule has 2 nitrogen and oxygen atoms in total. The summed E-state index contributed by atoms with van der Waals surface area (Å²) in [6, 6.07) is 3.36. The van der Waals surface area contributed by atoms with E-state index in [-0.39, 0.29) is 6.04 Å². The van der Waals surface area contributed by atoms with Crippen molar-refractivity contribution in [2.75, 3.05) is 0 Å². The quantitative estimate of drug-likeness (QED) is 0.570. The first-order valence-corrected chi connectivity index (χ1v) is 7.45. The van der Waals surface area contributed by atoms with Crippen molar-refractivity contribution < 1.29 is 13.2 Å². The first-order valence-electron chi connectivity index (χ1n) is 6.66. The highest BCUT2D eigenvalue weighted by molar-refractivity contribution is 9.10. The topological polar surface area (TPSA) is 38.0 Å². The number of hydrazine groups is 1. The molecule has 1 rings (SSSR count). The lowest BCUT2D eigenvalue weighted by Crippen LogP contribution is -2.30. The Labute approximate surface area is 126 Å². The number of alkyl halides is 3. The highest BCUT2D eigenvalue weighted by Crippen LogP contribution is 2.35. The van der Waals surface area contributed by atoms with Crippen molar-refractivity contribution in [3.63, 3.8) is 0 Å². The monoisotopic (exact) mass is 352 g/mol. The van der Waals surface area contributed by atoms with E-state index in [1.165, 1.54) is 6.07 Å². The van der Waals surface area contributed by atoms with Crippen LogP contribution < -0.4 is 11.3 Å². The molecule has 0 aliphatic carbocycles. The lowest BCUT2D eigenvalue weighted by atomic mass is 9.91. The fourth-order valence-corrected chi connectivity index (χ4v) is 2.75. The molecule has 0 bridgehead atoms. The Hall–Kier alpha value is -0.590. The molecule has 0 amide bonds. The third-order valence-corrected chi connectivity index (χ3v) is 4.35. The van der Waals surface area contributed by atoms with Gasteiger partial charge in [-0.25, -0.2) is 0 Å². The molecule has 1 unspecified atom stereocenters. The Kier molecular flexibility index (Phi) is 6.48. The summed E-state index contributed by atoms with van der Waals surface area (Å²) < 4.78 is 39.0. The average molecular weight is 353 g/mol. The van der Waals surface area contributed by atoms with E-state index in [0.29, 0.717) is 22.4 Å². The van der Waals surface area contributed by atoms with Crippen molar-refractivity contribution >= 4 is 15.9 Å². The van der Waals surface area contributed by atoms with Crippen LogP contribution in [0.3, 0.4) is 0 Å². The first kappa shape index (κ1) is 17.5. The highest BCUT2D eigenvalue weighted by atomic mass is 79.9. The third kappa shape index (κ3) is 4.46. The Morgan fingerprint density at radius 1 is 1.25 bits per heavy atom. The Morgan fingerprint density at radius 2 is 1.85 bits per heavy atom. The van der Waals surface area contributed by atoms with Gasteiger partial charge in [-0.3, -0.25) is 11.3 Å². The van der Waals surface area contributed by atoms with Crippen molar-refractivity contribution in [3.05, 3.63) is 33.8 Å². The number of benzene rings is 1. The molecule has 0 fully saturated rings. The van der Waals surface area contributed by atoms with Gasteiger partial charge in [0, 0.05) is 10.5 Å². The van der Waals surface area contributed by atoms with Crippen molar-refractivity contribution in [1.82, 2.24) is 5.43 Å². The van der Waals surface area contributed by atoms with E-state index < -0.39 is 11.7 Å². The molecule has 1 atom stereocenters. The molecule has 6 heteroatoms. The Morgan fingerprint density at radius 3 is 2.30 bits per heavy atom. The molecular formula is C14H20BrF3N2. The maximum atomic E-state index is 12.8. The summed E-state index contributed by atoms with van der Waals surface area (Å²) in [7, 11) is 0. The molecule has 0 aliphatic heterocycles. The Balaban J connectivity index is 3.08. The van der Waals surface area contributed by atoms with Crippen molar-refractivity contribution in [2.24, 2.45) is 11.8 Å². The van der Waals surface area contributed by atoms with Crippen LogP contribution in [0, 0.1) is 5.92 Å². The van der Waals surface area contributed by atoms with E-state index in [1.54, 1.807) is 0 Å². The molecule has 0 aromatic heterocycles. The molecule has 3 N–H and O–H groups in total. The van der Waals surface area contributed by atoms with Crippen LogP contribution >= 0.6 is 15.9 Å². The lowest BCUT2D eigenvalue weighted by Gasteiger charge is -2.23. The van der Waals surface area contributed by atoms with E-state index in [0.717, 1.165) is 25.0 Å². The van der Waals surface area contributed by atoms with Gasteiger partial charge in [0.2, 0.25) is 0 Å². The molecule has 0 radical (unpaired) electrons. The van der Waals surface area contributed by atoms with E-state index in [1.807, 2.05) is 0 Å². The van der Waals surface area contributed by atoms with E-state index >= 15 is 0 Å². The summed E-state index contributed by atoms with van der Waals surface area (Å²) in [6.07, 6.45) is -1.68. The summed E-state index contributed by atoms with van der Waals surface area (Å²) in [6.45, 7) is 4.14. The van der Waals surface area contributed by atoms with Crippen LogP contribution in [0.1, 0.15) is 50.3 Å². The van der Waals surface area contributed by atoms with Crippen LogP contribution in [0.5, 0.6) is 0 Å². The van der Waals surface area contributed by atoms with E-state index in [2.05, 4.69) is 35.2 Å². The second-order valence-corrected chi connectivity index (χ2v) is 5.73. The Bertz CT molecular complexity index is 431. The van der Waals surface area contributed by atoms with Crippen LogP contribution in [0.15, 0.2) is 22.7 Å². The molecule has 1 aromatic carbocycles. The third-order valence-electron chi connectivity index (χ3n) is 3.62.